The number of likely N-dealkylation sites (N-methyl/N-ethyl adjacent to an activating group) is 1. The number of benzene rings is 1. The lowest BCUT2D eigenvalue weighted by Gasteiger charge is -2.35. The van der Waals surface area contributed by atoms with Crippen molar-refractivity contribution in [3.05, 3.63) is 35.4 Å². The van der Waals surface area contributed by atoms with E-state index in [0.717, 1.165) is 77.2 Å². The minimum Gasteiger partial charge on any atom is -0.336 e. The Kier molecular flexibility index (Phi) is 7.06. The molecule has 2 fully saturated rings. The highest BCUT2D eigenvalue weighted by atomic mass is 16.2. The van der Waals surface area contributed by atoms with Crippen LogP contribution >= 0.6 is 0 Å². The molecule has 144 valence electrons. The van der Waals surface area contributed by atoms with E-state index in [2.05, 4.69) is 46.1 Å². The van der Waals surface area contributed by atoms with Gasteiger partial charge in [-0.3, -0.25) is 9.69 Å². The molecule has 0 aromatic heterocycles. The predicted octanol–water partition coefficient (Wildman–Crippen LogP) is 2.04. The van der Waals surface area contributed by atoms with Gasteiger partial charge in [0.15, 0.2) is 0 Å². The molecule has 2 aliphatic rings. The lowest BCUT2D eigenvalue weighted by molar-refractivity contribution is 0.0642. The number of amides is 1. The van der Waals surface area contributed by atoms with Crippen LogP contribution in [0.1, 0.15) is 42.1 Å². The summed E-state index contributed by atoms with van der Waals surface area (Å²) in [6.45, 7) is 10.4. The molecule has 26 heavy (non-hydrogen) atoms. The summed E-state index contributed by atoms with van der Waals surface area (Å²) in [4.78, 5) is 20.2. The summed E-state index contributed by atoms with van der Waals surface area (Å²) in [6, 6.07) is 8.68. The summed E-state index contributed by atoms with van der Waals surface area (Å²) < 4.78 is 0. The third-order valence-corrected chi connectivity index (χ3v) is 5.65. The van der Waals surface area contributed by atoms with Crippen molar-refractivity contribution < 1.29 is 4.79 Å². The second kappa shape index (κ2) is 9.49. The molecule has 0 saturated carbocycles. The molecular weight excluding hydrogens is 324 g/mol. The van der Waals surface area contributed by atoms with Crippen LogP contribution in [-0.4, -0.2) is 79.5 Å². The number of carbonyl (C=O) groups is 1. The molecule has 3 rings (SSSR count). The highest BCUT2D eigenvalue weighted by molar-refractivity contribution is 5.94. The van der Waals surface area contributed by atoms with Gasteiger partial charge in [-0.15, -0.1) is 0 Å². The summed E-state index contributed by atoms with van der Waals surface area (Å²) in [7, 11) is 2.18. The Labute approximate surface area is 158 Å². The maximum Gasteiger partial charge on any atom is 0.254 e. The maximum absolute atomic E-state index is 13.2. The van der Waals surface area contributed by atoms with Gasteiger partial charge in [0.1, 0.15) is 0 Å². The summed E-state index contributed by atoms with van der Waals surface area (Å²) in [6.07, 6.45) is 3.14. The van der Waals surface area contributed by atoms with Crippen molar-refractivity contribution >= 4 is 5.91 Å². The SMILES string of the molecule is CCCN(C(=O)c1cccc(CN2CCN(C)CC2)c1)C1CCNCC1. The number of rotatable bonds is 6. The standard InChI is InChI=1S/C21H34N4O/c1-3-11-25(20-7-9-22-10-8-20)21(26)19-6-4-5-18(16-19)17-24-14-12-23(2)13-15-24/h4-6,16,20,22H,3,7-15,17H2,1-2H3. The van der Waals surface area contributed by atoms with Crippen LogP contribution in [0, 0.1) is 0 Å². The lowest BCUT2D eigenvalue weighted by atomic mass is 10.0. The molecule has 1 N–H and O–H groups in total. The number of nitrogens with one attached hydrogen (secondary N) is 1. The Morgan fingerprint density at radius 2 is 1.92 bits per heavy atom. The average Bonchev–Trinajstić information content (AvgIpc) is 2.68. The molecule has 0 bridgehead atoms. The molecule has 5 heteroatoms. The zero-order chi connectivity index (χ0) is 18.4. The lowest BCUT2D eigenvalue weighted by Crippen LogP contribution is -2.46. The van der Waals surface area contributed by atoms with E-state index in [1.807, 2.05) is 12.1 Å². The third kappa shape index (κ3) is 5.06. The molecule has 2 aliphatic heterocycles. The molecule has 0 atom stereocenters. The fourth-order valence-electron chi connectivity index (χ4n) is 4.04. The van der Waals surface area contributed by atoms with E-state index in [0.29, 0.717) is 6.04 Å². The highest BCUT2D eigenvalue weighted by Gasteiger charge is 2.25. The Morgan fingerprint density at radius 1 is 1.19 bits per heavy atom. The van der Waals surface area contributed by atoms with Crippen LogP contribution in [0.4, 0.5) is 0 Å². The monoisotopic (exact) mass is 358 g/mol. The Bertz CT molecular complexity index is 577. The maximum atomic E-state index is 13.2. The molecule has 0 aliphatic carbocycles. The topological polar surface area (TPSA) is 38.8 Å². The summed E-state index contributed by atoms with van der Waals surface area (Å²) >= 11 is 0. The Balaban J connectivity index is 1.67. The Morgan fingerprint density at radius 3 is 2.62 bits per heavy atom. The first-order valence-corrected chi connectivity index (χ1v) is 10.2. The van der Waals surface area contributed by atoms with Crippen molar-refractivity contribution in [3.63, 3.8) is 0 Å². The van der Waals surface area contributed by atoms with E-state index in [1.54, 1.807) is 0 Å². The largest absolute Gasteiger partial charge is 0.336 e. The number of nitrogens with zero attached hydrogens (tertiary/aromatic N) is 3. The van der Waals surface area contributed by atoms with Crippen LogP contribution in [0.5, 0.6) is 0 Å². The van der Waals surface area contributed by atoms with E-state index in [9.17, 15) is 4.79 Å². The number of piperazine rings is 1. The van der Waals surface area contributed by atoms with Crippen LogP contribution in [0.2, 0.25) is 0 Å². The first kappa shape index (κ1) is 19.3. The second-order valence-corrected chi connectivity index (χ2v) is 7.76. The van der Waals surface area contributed by atoms with Gasteiger partial charge < -0.3 is 15.1 Å². The van der Waals surface area contributed by atoms with Crippen LogP contribution in [-0.2, 0) is 6.54 Å². The second-order valence-electron chi connectivity index (χ2n) is 7.76. The summed E-state index contributed by atoms with van der Waals surface area (Å²) in [5.41, 5.74) is 2.10. The van der Waals surface area contributed by atoms with E-state index in [1.165, 1.54) is 5.56 Å². The normalized spacial score (nSPS) is 20.2. The molecular formula is C21H34N4O. The van der Waals surface area contributed by atoms with Crippen molar-refractivity contribution in [2.24, 2.45) is 0 Å². The molecule has 1 aromatic rings. The van der Waals surface area contributed by atoms with Crippen LogP contribution in [0.25, 0.3) is 0 Å². The van der Waals surface area contributed by atoms with Gasteiger partial charge in [0.2, 0.25) is 0 Å². The molecule has 0 spiro atoms. The van der Waals surface area contributed by atoms with Gasteiger partial charge in [0.25, 0.3) is 5.91 Å². The van der Waals surface area contributed by atoms with Gasteiger partial charge in [-0.05, 0) is 57.1 Å². The van der Waals surface area contributed by atoms with E-state index >= 15 is 0 Å². The molecule has 2 heterocycles. The smallest absolute Gasteiger partial charge is 0.254 e. The van der Waals surface area contributed by atoms with Crippen molar-refractivity contribution in [2.75, 3.05) is 52.9 Å². The van der Waals surface area contributed by atoms with Gasteiger partial charge in [-0.2, -0.15) is 0 Å². The molecule has 0 radical (unpaired) electrons. The van der Waals surface area contributed by atoms with Crippen LogP contribution < -0.4 is 5.32 Å². The van der Waals surface area contributed by atoms with Crippen LogP contribution in [0.15, 0.2) is 24.3 Å². The number of hydrogen-bond acceptors (Lipinski definition) is 4. The zero-order valence-electron chi connectivity index (χ0n) is 16.4. The van der Waals surface area contributed by atoms with Gasteiger partial charge in [-0.1, -0.05) is 19.1 Å². The van der Waals surface area contributed by atoms with E-state index < -0.39 is 0 Å². The molecule has 0 unspecified atom stereocenters. The average molecular weight is 359 g/mol. The number of carbonyl (C=O) groups excluding carboxylic acids is 1. The van der Waals surface area contributed by atoms with Crippen molar-refractivity contribution in [1.29, 1.82) is 0 Å². The fourth-order valence-corrected chi connectivity index (χ4v) is 4.04. The molecule has 5 nitrogen and oxygen atoms in total. The summed E-state index contributed by atoms with van der Waals surface area (Å²) in [5.74, 6) is 0.207. The first-order valence-electron chi connectivity index (χ1n) is 10.2. The number of piperidine rings is 1. The van der Waals surface area contributed by atoms with E-state index in [-0.39, 0.29) is 5.91 Å². The summed E-state index contributed by atoms with van der Waals surface area (Å²) in [5, 5.41) is 3.40. The van der Waals surface area contributed by atoms with Gasteiger partial charge >= 0.3 is 0 Å². The van der Waals surface area contributed by atoms with Gasteiger partial charge in [-0.25, -0.2) is 0 Å². The van der Waals surface area contributed by atoms with Gasteiger partial charge in [0, 0.05) is 50.9 Å². The van der Waals surface area contributed by atoms with Gasteiger partial charge in [0.05, 0.1) is 0 Å². The number of hydrogen-bond donors (Lipinski definition) is 1. The van der Waals surface area contributed by atoms with Crippen LogP contribution in [0.3, 0.4) is 0 Å². The predicted molar refractivity (Wildman–Crippen MR) is 106 cm³/mol. The third-order valence-electron chi connectivity index (χ3n) is 5.65. The quantitative estimate of drug-likeness (QED) is 0.845. The van der Waals surface area contributed by atoms with Crippen molar-refractivity contribution in [3.8, 4) is 0 Å². The molecule has 2 saturated heterocycles. The van der Waals surface area contributed by atoms with E-state index in [4.69, 9.17) is 0 Å². The fraction of sp³-hybridized carbons (Fsp3) is 0.667. The minimum atomic E-state index is 0.207. The van der Waals surface area contributed by atoms with Crippen molar-refractivity contribution in [2.45, 2.75) is 38.8 Å². The molecule has 1 aromatic carbocycles. The minimum absolute atomic E-state index is 0.207. The first-order chi connectivity index (χ1) is 12.7. The zero-order valence-corrected chi connectivity index (χ0v) is 16.4. The Hall–Kier alpha value is -1.43. The highest BCUT2D eigenvalue weighted by Crippen LogP contribution is 2.18. The van der Waals surface area contributed by atoms with Crippen molar-refractivity contribution in [1.82, 2.24) is 20.0 Å². The molecule has 1 amide bonds.